The van der Waals surface area contributed by atoms with Gasteiger partial charge in [0.1, 0.15) is 24.9 Å². The molecular formula is C42H76O7. The summed E-state index contributed by atoms with van der Waals surface area (Å²) in [7, 11) is 0. The summed E-state index contributed by atoms with van der Waals surface area (Å²) in [6.45, 7) is 4.28. The molecule has 1 aliphatic rings. The molecule has 4 unspecified atom stereocenters. The van der Waals surface area contributed by atoms with Crippen LogP contribution in [-0.4, -0.2) is 59.8 Å². The van der Waals surface area contributed by atoms with E-state index in [2.05, 4.69) is 38.2 Å². The first kappa shape index (κ1) is 45.3. The number of aliphatic hydroxyl groups is 2. The van der Waals surface area contributed by atoms with Gasteiger partial charge in [0.25, 0.3) is 0 Å². The van der Waals surface area contributed by atoms with E-state index in [-0.39, 0.29) is 25.6 Å². The van der Waals surface area contributed by atoms with Gasteiger partial charge in [0, 0.05) is 12.8 Å². The largest absolute Gasteiger partial charge is 0.462 e. The number of carbonyl (C=O) groups is 2. The van der Waals surface area contributed by atoms with Crippen LogP contribution < -0.4 is 0 Å². The van der Waals surface area contributed by atoms with Crippen LogP contribution in [0.1, 0.15) is 194 Å². The summed E-state index contributed by atoms with van der Waals surface area (Å²) in [5.74, 6) is -0.739. The van der Waals surface area contributed by atoms with Crippen molar-refractivity contribution >= 4 is 11.9 Å². The lowest BCUT2D eigenvalue weighted by Crippen LogP contribution is -2.44. The maximum Gasteiger partial charge on any atom is 0.306 e. The second-order valence-corrected chi connectivity index (χ2v) is 14.2. The van der Waals surface area contributed by atoms with Crippen LogP contribution in [0.4, 0.5) is 0 Å². The molecule has 2 N–H and O–H groups in total. The number of allylic oxidation sites excluding steroid dienone is 4. The molecule has 0 spiro atoms. The predicted octanol–water partition coefficient (Wildman–Crippen LogP) is 10.6. The van der Waals surface area contributed by atoms with E-state index in [9.17, 15) is 19.8 Å². The van der Waals surface area contributed by atoms with Gasteiger partial charge in [-0.2, -0.15) is 0 Å². The number of unbranched alkanes of at least 4 members (excludes halogenated alkanes) is 22. The van der Waals surface area contributed by atoms with Crippen LogP contribution in [0.3, 0.4) is 0 Å². The molecule has 286 valence electrons. The first-order valence-electron chi connectivity index (χ1n) is 20.6. The highest BCUT2D eigenvalue weighted by molar-refractivity contribution is 5.70. The van der Waals surface area contributed by atoms with Crippen molar-refractivity contribution in [2.45, 2.75) is 218 Å². The fraction of sp³-hybridized carbons (Fsp3) is 0.857. The number of hydrogen-bond donors (Lipinski definition) is 2. The maximum absolute atomic E-state index is 12.6. The minimum absolute atomic E-state index is 0.0447. The first-order valence-corrected chi connectivity index (χ1v) is 20.6. The van der Waals surface area contributed by atoms with Gasteiger partial charge in [0.15, 0.2) is 6.10 Å². The Bertz CT molecular complexity index is 826. The molecule has 7 nitrogen and oxygen atoms in total. The highest BCUT2D eigenvalue weighted by atomic mass is 16.6. The molecule has 1 saturated heterocycles. The Labute approximate surface area is 301 Å². The van der Waals surface area contributed by atoms with Crippen molar-refractivity contribution in [3.05, 3.63) is 24.3 Å². The molecule has 1 heterocycles. The van der Waals surface area contributed by atoms with Crippen molar-refractivity contribution < 1.29 is 34.0 Å². The number of rotatable bonds is 34. The summed E-state index contributed by atoms with van der Waals surface area (Å²) in [6.07, 6.45) is 36.7. The molecule has 0 aliphatic carbocycles. The minimum Gasteiger partial charge on any atom is -0.462 e. The minimum atomic E-state index is -1.19. The molecule has 0 aromatic carbocycles. The standard InChI is InChI=1S/C42H76O7/c1-3-5-7-9-11-13-15-17-19-21-23-25-27-29-31-33-39(44)47-36-38(42-41(46)37(43)35-48-42)49-40(45)34-32-30-28-26-24-22-20-18-16-14-12-10-8-6-4-2/h17-20,37-38,41-43,46H,3-16,21-36H2,1-2H3/b19-17+,20-18+. The van der Waals surface area contributed by atoms with Crippen molar-refractivity contribution in [3.8, 4) is 0 Å². The topological polar surface area (TPSA) is 102 Å². The number of esters is 2. The van der Waals surface area contributed by atoms with Gasteiger partial charge in [-0.25, -0.2) is 0 Å². The molecule has 0 saturated carbocycles. The third-order valence-electron chi connectivity index (χ3n) is 9.53. The second kappa shape index (κ2) is 33.4. The Balaban J connectivity index is 2.15. The molecule has 7 heteroatoms. The molecule has 0 amide bonds. The van der Waals surface area contributed by atoms with E-state index in [4.69, 9.17) is 14.2 Å². The van der Waals surface area contributed by atoms with Crippen LogP contribution in [-0.2, 0) is 23.8 Å². The summed E-state index contributed by atoms with van der Waals surface area (Å²) >= 11 is 0. The average molecular weight is 693 g/mol. The van der Waals surface area contributed by atoms with E-state index < -0.39 is 30.4 Å². The van der Waals surface area contributed by atoms with Crippen LogP contribution in [0.25, 0.3) is 0 Å². The zero-order chi connectivity index (χ0) is 35.6. The molecular weight excluding hydrogens is 616 g/mol. The van der Waals surface area contributed by atoms with Crippen molar-refractivity contribution in [2.75, 3.05) is 13.2 Å². The maximum atomic E-state index is 12.6. The van der Waals surface area contributed by atoms with E-state index in [1.807, 2.05) is 0 Å². The van der Waals surface area contributed by atoms with Gasteiger partial charge in [-0.15, -0.1) is 0 Å². The Hall–Kier alpha value is -1.70. The van der Waals surface area contributed by atoms with Crippen LogP contribution in [0.15, 0.2) is 24.3 Å². The van der Waals surface area contributed by atoms with Gasteiger partial charge in [-0.05, 0) is 64.2 Å². The van der Waals surface area contributed by atoms with Crippen LogP contribution >= 0.6 is 0 Å². The number of ether oxygens (including phenoxy) is 3. The van der Waals surface area contributed by atoms with Crippen molar-refractivity contribution in [1.82, 2.24) is 0 Å². The molecule has 0 aromatic rings. The van der Waals surface area contributed by atoms with E-state index in [1.165, 1.54) is 103 Å². The van der Waals surface area contributed by atoms with Gasteiger partial charge >= 0.3 is 11.9 Å². The van der Waals surface area contributed by atoms with E-state index in [0.29, 0.717) is 6.42 Å². The second-order valence-electron chi connectivity index (χ2n) is 14.2. The van der Waals surface area contributed by atoms with Crippen molar-refractivity contribution in [3.63, 3.8) is 0 Å². The summed E-state index contributed by atoms with van der Waals surface area (Å²) in [6, 6.07) is 0. The Kier molecular flexibility index (Phi) is 30.9. The van der Waals surface area contributed by atoms with Crippen molar-refractivity contribution in [2.24, 2.45) is 0 Å². The molecule has 49 heavy (non-hydrogen) atoms. The average Bonchev–Trinajstić information content (AvgIpc) is 3.43. The molecule has 0 radical (unpaired) electrons. The SMILES string of the molecule is CCCCCCCC/C=C/CCCCCCCC(=O)OCC(OC(=O)CCCCCCC/C=C/CCCCCCCC)C1OCC(O)C1O. The predicted molar refractivity (Wildman–Crippen MR) is 201 cm³/mol. The fourth-order valence-electron chi connectivity index (χ4n) is 6.30. The third kappa shape index (κ3) is 26.7. The van der Waals surface area contributed by atoms with Crippen LogP contribution in [0.5, 0.6) is 0 Å². The summed E-state index contributed by atoms with van der Waals surface area (Å²) in [5, 5.41) is 20.3. The molecule has 1 fully saturated rings. The highest BCUT2D eigenvalue weighted by Gasteiger charge is 2.42. The summed E-state index contributed by atoms with van der Waals surface area (Å²) < 4.78 is 16.6. The quantitative estimate of drug-likeness (QED) is 0.0393. The smallest absolute Gasteiger partial charge is 0.306 e. The van der Waals surface area contributed by atoms with Crippen LogP contribution in [0.2, 0.25) is 0 Å². The van der Waals surface area contributed by atoms with E-state index in [1.54, 1.807) is 0 Å². The Morgan fingerprint density at radius 2 is 0.980 bits per heavy atom. The molecule has 1 rings (SSSR count). The lowest BCUT2D eigenvalue weighted by molar-refractivity contribution is -0.170. The van der Waals surface area contributed by atoms with E-state index >= 15 is 0 Å². The van der Waals surface area contributed by atoms with Gasteiger partial charge in [0.05, 0.1) is 6.61 Å². The zero-order valence-corrected chi connectivity index (χ0v) is 31.8. The van der Waals surface area contributed by atoms with Crippen molar-refractivity contribution in [1.29, 1.82) is 0 Å². The zero-order valence-electron chi connectivity index (χ0n) is 31.8. The van der Waals surface area contributed by atoms with E-state index in [0.717, 1.165) is 64.2 Å². The van der Waals surface area contributed by atoms with Gasteiger partial charge in [0.2, 0.25) is 0 Å². The molecule has 4 atom stereocenters. The molecule has 0 bridgehead atoms. The summed E-state index contributed by atoms with van der Waals surface area (Å²) in [4.78, 5) is 25.1. The van der Waals surface area contributed by atoms with Gasteiger partial charge in [-0.3, -0.25) is 9.59 Å². The fourth-order valence-corrected chi connectivity index (χ4v) is 6.30. The molecule has 1 aliphatic heterocycles. The Morgan fingerprint density at radius 3 is 1.39 bits per heavy atom. The molecule has 0 aromatic heterocycles. The number of carbonyl (C=O) groups excluding carboxylic acids is 2. The number of hydrogen-bond acceptors (Lipinski definition) is 7. The summed E-state index contributed by atoms with van der Waals surface area (Å²) in [5.41, 5.74) is 0. The third-order valence-corrected chi connectivity index (χ3v) is 9.53. The van der Waals surface area contributed by atoms with Gasteiger partial charge < -0.3 is 24.4 Å². The van der Waals surface area contributed by atoms with Gasteiger partial charge in [-0.1, -0.05) is 141 Å². The first-order chi connectivity index (χ1) is 24.0. The highest BCUT2D eigenvalue weighted by Crippen LogP contribution is 2.21. The Morgan fingerprint density at radius 1 is 0.592 bits per heavy atom. The lowest BCUT2D eigenvalue weighted by Gasteiger charge is -2.25. The van der Waals surface area contributed by atoms with Crippen LogP contribution in [0, 0.1) is 0 Å². The monoisotopic (exact) mass is 693 g/mol. The normalized spacial score (nSPS) is 18.5. The number of aliphatic hydroxyl groups excluding tert-OH is 2. The lowest BCUT2D eigenvalue weighted by atomic mass is 10.1.